The summed E-state index contributed by atoms with van der Waals surface area (Å²) in [5, 5.41) is 2.63. The van der Waals surface area contributed by atoms with Crippen LogP contribution >= 0.6 is 0 Å². The van der Waals surface area contributed by atoms with E-state index >= 15 is 0 Å². The Hall–Kier alpha value is -4.60. The maximum Gasteiger partial charge on any atom is 0.274 e. The highest BCUT2D eigenvalue weighted by Crippen LogP contribution is 2.27. The van der Waals surface area contributed by atoms with Crippen molar-refractivity contribution in [2.24, 2.45) is 0 Å². The lowest BCUT2D eigenvalue weighted by Gasteiger charge is -2.08. The van der Waals surface area contributed by atoms with Gasteiger partial charge in [0.1, 0.15) is 29.4 Å². The van der Waals surface area contributed by atoms with Crippen molar-refractivity contribution in [1.82, 2.24) is 14.5 Å². The molecular weight excluding hydrogens is 470 g/mol. The van der Waals surface area contributed by atoms with Crippen LogP contribution in [0.25, 0.3) is 11.0 Å². The number of hydrogen-bond acceptors (Lipinski definition) is 5. The summed E-state index contributed by atoms with van der Waals surface area (Å²) in [5.41, 5.74) is 0.978. The van der Waals surface area contributed by atoms with E-state index in [0.717, 1.165) is 12.1 Å². The van der Waals surface area contributed by atoms with Crippen LogP contribution in [-0.2, 0) is 16.1 Å². The molecule has 0 unspecified atom stereocenters. The molecule has 2 aromatic carbocycles. The van der Waals surface area contributed by atoms with E-state index in [2.05, 4.69) is 15.3 Å². The third-order valence-electron chi connectivity index (χ3n) is 5.23. The number of pyridine rings is 1. The van der Waals surface area contributed by atoms with E-state index in [1.165, 1.54) is 22.8 Å². The summed E-state index contributed by atoms with van der Waals surface area (Å²) in [6, 6.07) is 11.1. The Morgan fingerprint density at radius 3 is 2.83 bits per heavy atom. The van der Waals surface area contributed by atoms with Gasteiger partial charge in [-0.25, -0.2) is 13.8 Å². The Morgan fingerprint density at radius 2 is 2.03 bits per heavy atom. The zero-order chi connectivity index (χ0) is 25.5. The summed E-state index contributed by atoms with van der Waals surface area (Å²) >= 11 is 0. The van der Waals surface area contributed by atoms with Gasteiger partial charge in [-0.3, -0.25) is 14.4 Å². The Morgan fingerprint density at radius 1 is 1.17 bits per heavy atom. The SMILES string of the molecule is O=C/C=C/CCCC(=O)Nc1cccn(Cc2nc3ccc(Oc4ccc(F)cc4F)cc3[nH]2)c1=O. The second-order valence-electron chi connectivity index (χ2n) is 7.90. The molecule has 4 rings (SSSR count). The first-order chi connectivity index (χ1) is 17.4. The molecule has 0 saturated carbocycles. The molecule has 10 heteroatoms. The molecule has 36 heavy (non-hydrogen) atoms. The summed E-state index contributed by atoms with van der Waals surface area (Å²) in [6.07, 6.45) is 6.67. The van der Waals surface area contributed by atoms with Crippen LogP contribution in [0.2, 0.25) is 0 Å². The molecule has 2 heterocycles. The Labute approximate surface area is 204 Å². The molecule has 0 spiro atoms. The van der Waals surface area contributed by atoms with Crippen molar-refractivity contribution in [1.29, 1.82) is 0 Å². The molecule has 4 aromatic rings. The number of allylic oxidation sites excluding steroid dienone is 2. The molecule has 0 bridgehead atoms. The molecule has 0 aliphatic rings. The Balaban J connectivity index is 1.44. The zero-order valence-electron chi connectivity index (χ0n) is 19.0. The largest absolute Gasteiger partial charge is 0.454 e. The number of amides is 1. The van der Waals surface area contributed by atoms with Crippen LogP contribution in [0.3, 0.4) is 0 Å². The van der Waals surface area contributed by atoms with Crippen LogP contribution in [0.4, 0.5) is 14.5 Å². The number of nitrogens with one attached hydrogen (secondary N) is 2. The molecule has 184 valence electrons. The molecule has 2 aromatic heterocycles. The van der Waals surface area contributed by atoms with E-state index in [1.54, 1.807) is 36.5 Å². The van der Waals surface area contributed by atoms with Gasteiger partial charge in [-0.05, 0) is 55.3 Å². The molecule has 8 nitrogen and oxygen atoms in total. The second kappa shape index (κ2) is 11.2. The minimum absolute atomic E-state index is 0.113. The smallest absolute Gasteiger partial charge is 0.274 e. The highest BCUT2D eigenvalue weighted by atomic mass is 19.1. The number of halogens is 2. The lowest BCUT2D eigenvalue weighted by atomic mass is 10.2. The maximum absolute atomic E-state index is 13.9. The number of fused-ring (bicyclic) bond motifs is 1. The lowest BCUT2D eigenvalue weighted by molar-refractivity contribution is -0.116. The highest BCUT2D eigenvalue weighted by Gasteiger charge is 2.11. The number of H-pyrrole nitrogens is 1. The van der Waals surface area contributed by atoms with Crippen LogP contribution < -0.4 is 15.6 Å². The first-order valence-corrected chi connectivity index (χ1v) is 11.1. The molecule has 0 fully saturated rings. The number of aldehydes is 1. The number of aromatic nitrogens is 3. The topological polar surface area (TPSA) is 106 Å². The normalized spacial score (nSPS) is 11.2. The number of nitrogens with zero attached hydrogens (tertiary/aromatic N) is 2. The predicted molar refractivity (Wildman–Crippen MR) is 130 cm³/mol. The number of carbonyl (C=O) groups is 2. The maximum atomic E-state index is 13.9. The summed E-state index contributed by atoms with van der Waals surface area (Å²) in [7, 11) is 0. The number of hydrogen-bond donors (Lipinski definition) is 2. The van der Waals surface area contributed by atoms with Gasteiger partial charge >= 0.3 is 0 Å². The van der Waals surface area contributed by atoms with Crippen molar-refractivity contribution in [3.8, 4) is 11.5 Å². The number of benzene rings is 2. The van der Waals surface area contributed by atoms with Crippen molar-refractivity contribution in [3.05, 3.63) is 94.7 Å². The zero-order valence-corrected chi connectivity index (χ0v) is 19.0. The highest BCUT2D eigenvalue weighted by molar-refractivity contribution is 5.90. The van der Waals surface area contributed by atoms with Crippen molar-refractivity contribution < 1.29 is 23.1 Å². The first-order valence-electron chi connectivity index (χ1n) is 11.1. The van der Waals surface area contributed by atoms with Crippen LogP contribution in [0.15, 0.2) is 71.7 Å². The third-order valence-corrected chi connectivity index (χ3v) is 5.23. The molecule has 0 aliphatic heterocycles. The Bertz CT molecular complexity index is 1490. The van der Waals surface area contributed by atoms with Gasteiger partial charge < -0.3 is 19.6 Å². The van der Waals surface area contributed by atoms with E-state index in [1.807, 2.05) is 0 Å². The lowest BCUT2D eigenvalue weighted by Crippen LogP contribution is -2.26. The van der Waals surface area contributed by atoms with Crippen molar-refractivity contribution in [3.63, 3.8) is 0 Å². The minimum atomic E-state index is -0.818. The van der Waals surface area contributed by atoms with Gasteiger partial charge in [-0.1, -0.05) is 6.08 Å². The van der Waals surface area contributed by atoms with Gasteiger partial charge in [0, 0.05) is 24.8 Å². The summed E-state index contributed by atoms with van der Waals surface area (Å²) < 4.78 is 33.9. The van der Waals surface area contributed by atoms with Gasteiger partial charge in [-0.2, -0.15) is 0 Å². The average molecular weight is 492 g/mol. The van der Waals surface area contributed by atoms with Crippen LogP contribution in [0, 0.1) is 11.6 Å². The number of unbranched alkanes of at least 4 members (excludes halogenated alkanes) is 1. The van der Waals surface area contributed by atoms with Crippen LogP contribution in [0.1, 0.15) is 25.1 Å². The average Bonchev–Trinajstić information content (AvgIpc) is 3.25. The number of carbonyl (C=O) groups excluding carboxylic acids is 2. The van der Waals surface area contributed by atoms with Crippen molar-refractivity contribution >= 4 is 28.9 Å². The van der Waals surface area contributed by atoms with E-state index in [-0.39, 0.29) is 35.9 Å². The fourth-order valence-electron chi connectivity index (χ4n) is 3.53. The number of imidazole rings is 1. The quantitative estimate of drug-likeness (QED) is 0.190. The minimum Gasteiger partial charge on any atom is -0.454 e. The monoisotopic (exact) mass is 492 g/mol. The third kappa shape index (κ3) is 6.09. The van der Waals surface area contributed by atoms with Crippen LogP contribution in [-0.4, -0.2) is 26.7 Å². The first kappa shape index (κ1) is 24.5. The predicted octanol–water partition coefficient (Wildman–Crippen LogP) is 4.71. The number of anilines is 1. The Kier molecular flexibility index (Phi) is 7.64. The molecule has 2 N–H and O–H groups in total. The van der Waals surface area contributed by atoms with Gasteiger partial charge in [0.25, 0.3) is 5.56 Å². The van der Waals surface area contributed by atoms with Gasteiger partial charge in [0.2, 0.25) is 5.91 Å². The van der Waals surface area contributed by atoms with E-state index < -0.39 is 11.6 Å². The molecule has 0 saturated heterocycles. The van der Waals surface area contributed by atoms with Crippen molar-refractivity contribution in [2.45, 2.75) is 25.8 Å². The molecule has 0 radical (unpaired) electrons. The summed E-state index contributed by atoms with van der Waals surface area (Å²) in [6.45, 7) is 0.122. The van der Waals surface area contributed by atoms with Gasteiger partial charge in [-0.15, -0.1) is 0 Å². The summed E-state index contributed by atoms with van der Waals surface area (Å²) in [5.74, 6) is -1.11. The fourth-order valence-corrected chi connectivity index (χ4v) is 3.53. The number of ether oxygens (including phenoxy) is 1. The van der Waals surface area contributed by atoms with Gasteiger partial charge in [0.15, 0.2) is 11.6 Å². The van der Waals surface area contributed by atoms with E-state index in [0.29, 0.717) is 41.7 Å². The molecule has 1 amide bonds. The standard InChI is InChI=1S/C26H22F2N4O4/c27-17-8-11-23(19(28)14-17)36-18-9-10-20-22(15-18)30-24(29-20)16-32-12-5-6-21(26(32)35)31-25(34)7-3-1-2-4-13-33/h2,4-6,8-15H,1,3,7,16H2,(H,29,30)(H,31,34)/b4-2+. The second-order valence-corrected chi connectivity index (χ2v) is 7.90. The molecular formula is C26H22F2N4O4. The van der Waals surface area contributed by atoms with E-state index in [4.69, 9.17) is 4.74 Å². The molecule has 0 aliphatic carbocycles. The van der Waals surface area contributed by atoms with E-state index in [9.17, 15) is 23.2 Å². The number of rotatable bonds is 10. The molecule has 0 atom stereocenters. The van der Waals surface area contributed by atoms with Gasteiger partial charge in [0.05, 0.1) is 17.6 Å². The fraction of sp³-hybridized carbons (Fsp3) is 0.154. The van der Waals surface area contributed by atoms with Crippen molar-refractivity contribution in [2.75, 3.05) is 5.32 Å². The number of aromatic amines is 1. The summed E-state index contributed by atoms with van der Waals surface area (Å²) in [4.78, 5) is 42.8. The van der Waals surface area contributed by atoms with Crippen LogP contribution in [0.5, 0.6) is 11.5 Å².